The second kappa shape index (κ2) is 9.47. The van der Waals surface area contributed by atoms with Crippen LogP contribution in [0.1, 0.15) is 33.7 Å². The molecule has 5 heteroatoms. The summed E-state index contributed by atoms with van der Waals surface area (Å²) < 4.78 is 7.48. The summed E-state index contributed by atoms with van der Waals surface area (Å²) in [7, 11) is 1.60. The Kier molecular flexibility index (Phi) is 6.32. The van der Waals surface area contributed by atoms with Crippen LogP contribution in [0.5, 0.6) is 5.75 Å². The molecule has 0 aliphatic carbocycles. The molecule has 3 aromatic carbocycles. The molecule has 0 atom stereocenters. The van der Waals surface area contributed by atoms with E-state index < -0.39 is 0 Å². The first-order valence-corrected chi connectivity index (χ1v) is 10.6. The van der Waals surface area contributed by atoms with Gasteiger partial charge in [0.2, 0.25) is 0 Å². The van der Waals surface area contributed by atoms with Crippen molar-refractivity contribution in [2.24, 2.45) is 0 Å². The van der Waals surface area contributed by atoms with Crippen molar-refractivity contribution >= 4 is 16.9 Å². The lowest BCUT2D eigenvalue weighted by Crippen LogP contribution is -2.25. The number of amides is 1. The van der Waals surface area contributed by atoms with Gasteiger partial charge in [-0.2, -0.15) is 0 Å². The zero-order valence-corrected chi connectivity index (χ0v) is 18.0. The van der Waals surface area contributed by atoms with Gasteiger partial charge in [-0.05, 0) is 49.2 Å². The van der Waals surface area contributed by atoms with E-state index in [4.69, 9.17) is 9.72 Å². The molecule has 0 bridgehead atoms. The number of rotatable bonds is 8. The number of aromatic nitrogens is 2. The summed E-state index contributed by atoms with van der Waals surface area (Å²) in [6.07, 6.45) is 1.60. The SMILES string of the molecule is COc1cccc(C(=O)NCCCc2nc3ccccc3n2Cc2cccc(C)c2)c1. The van der Waals surface area contributed by atoms with E-state index in [1.54, 1.807) is 19.2 Å². The molecule has 0 saturated carbocycles. The van der Waals surface area contributed by atoms with Gasteiger partial charge in [-0.15, -0.1) is 0 Å². The van der Waals surface area contributed by atoms with Gasteiger partial charge >= 0.3 is 0 Å². The van der Waals surface area contributed by atoms with E-state index in [0.29, 0.717) is 17.9 Å². The first kappa shape index (κ1) is 20.7. The molecule has 1 heterocycles. The smallest absolute Gasteiger partial charge is 0.251 e. The Morgan fingerprint density at radius 1 is 1.03 bits per heavy atom. The summed E-state index contributed by atoms with van der Waals surface area (Å²) in [5.41, 5.74) is 5.26. The minimum Gasteiger partial charge on any atom is -0.497 e. The van der Waals surface area contributed by atoms with Crippen molar-refractivity contribution in [3.8, 4) is 5.75 Å². The highest BCUT2D eigenvalue weighted by molar-refractivity contribution is 5.94. The molecule has 1 aromatic heterocycles. The molecule has 0 spiro atoms. The van der Waals surface area contributed by atoms with E-state index in [9.17, 15) is 4.79 Å². The van der Waals surface area contributed by atoms with Crippen molar-refractivity contribution in [2.75, 3.05) is 13.7 Å². The molecule has 0 unspecified atom stereocenters. The minimum atomic E-state index is -0.0906. The molecule has 1 amide bonds. The fourth-order valence-corrected chi connectivity index (χ4v) is 3.80. The number of nitrogens with one attached hydrogen (secondary N) is 1. The van der Waals surface area contributed by atoms with Crippen LogP contribution in [0.3, 0.4) is 0 Å². The fourth-order valence-electron chi connectivity index (χ4n) is 3.80. The van der Waals surface area contributed by atoms with Crippen molar-refractivity contribution in [3.63, 3.8) is 0 Å². The minimum absolute atomic E-state index is 0.0906. The standard InChI is InChI=1S/C26H27N3O2/c1-19-8-5-9-20(16-19)18-29-24-13-4-3-12-23(24)28-25(29)14-7-15-27-26(30)21-10-6-11-22(17-21)31-2/h3-6,8-13,16-17H,7,14-15,18H2,1-2H3,(H,27,30). The Bertz CT molecular complexity index is 1200. The van der Waals surface area contributed by atoms with Crippen molar-refractivity contribution < 1.29 is 9.53 Å². The Labute approximate surface area is 182 Å². The maximum absolute atomic E-state index is 12.4. The van der Waals surface area contributed by atoms with Gasteiger partial charge in [0.25, 0.3) is 5.91 Å². The quantitative estimate of drug-likeness (QED) is 0.424. The number of benzene rings is 3. The number of carbonyl (C=O) groups is 1. The molecule has 158 valence electrons. The van der Waals surface area contributed by atoms with E-state index in [1.807, 2.05) is 18.2 Å². The lowest BCUT2D eigenvalue weighted by atomic mass is 10.1. The number of methoxy groups -OCH3 is 1. The van der Waals surface area contributed by atoms with Crippen LogP contribution in [0.15, 0.2) is 72.8 Å². The predicted octanol–water partition coefficient (Wildman–Crippen LogP) is 4.76. The Morgan fingerprint density at radius 2 is 1.87 bits per heavy atom. The number of imidazole rings is 1. The molecule has 31 heavy (non-hydrogen) atoms. The summed E-state index contributed by atoms with van der Waals surface area (Å²) in [4.78, 5) is 17.3. The monoisotopic (exact) mass is 413 g/mol. The summed E-state index contributed by atoms with van der Waals surface area (Å²) in [5, 5.41) is 3.00. The van der Waals surface area contributed by atoms with Gasteiger partial charge in [-0.25, -0.2) is 4.98 Å². The summed E-state index contributed by atoms with van der Waals surface area (Å²) >= 11 is 0. The van der Waals surface area contributed by atoms with Crippen LogP contribution in [0.25, 0.3) is 11.0 Å². The number of hydrogen-bond donors (Lipinski definition) is 1. The number of para-hydroxylation sites is 2. The van der Waals surface area contributed by atoms with E-state index in [-0.39, 0.29) is 5.91 Å². The number of nitrogens with zero attached hydrogens (tertiary/aromatic N) is 2. The molecule has 1 N–H and O–H groups in total. The molecular weight excluding hydrogens is 386 g/mol. The summed E-state index contributed by atoms with van der Waals surface area (Å²) in [5.74, 6) is 1.63. The van der Waals surface area contributed by atoms with Gasteiger partial charge in [0.1, 0.15) is 11.6 Å². The number of aryl methyl sites for hydroxylation is 2. The Hall–Kier alpha value is -3.60. The van der Waals surface area contributed by atoms with E-state index in [2.05, 4.69) is 59.3 Å². The van der Waals surface area contributed by atoms with Gasteiger partial charge in [-0.1, -0.05) is 48.0 Å². The van der Waals surface area contributed by atoms with E-state index in [1.165, 1.54) is 11.1 Å². The highest BCUT2D eigenvalue weighted by Crippen LogP contribution is 2.19. The highest BCUT2D eigenvalue weighted by atomic mass is 16.5. The van der Waals surface area contributed by atoms with E-state index >= 15 is 0 Å². The number of ether oxygens (including phenoxy) is 1. The topological polar surface area (TPSA) is 56.1 Å². The van der Waals surface area contributed by atoms with Crippen molar-refractivity contribution in [2.45, 2.75) is 26.3 Å². The molecule has 4 aromatic rings. The third-order valence-corrected chi connectivity index (χ3v) is 5.35. The van der Waals surface area contributed by atoms with Gasteiger partial charge < -0.3 is 14.6 Å². The van der Waals surface area contributed by atoms with Crippen LogP contribution >= 0.6 is 0 Å². The van der Waals surface area contributed by atoms with Gasteiger partial charge in [0.15, 0.2) is 0 Å². The zero-order valence-electron chi connectivity index (χ0n) is 18.0. The van der Waals surface area contributed by atoms with Crippen LogP contribution in [0.4, 0.5) is 0 Å². The highest BCUT2D eigenvalue weighted by Gasteiger charge is 2.12. The molecule has 0 radical (unpaired) electrons. The Balaban J connectivity index is 1.44. The number of hydrogen-bond acceptors (Lipinski definition) is 3. The maximum Gasteiger partial charge on any atom is 0.251 e. The molecular formula is C26H27N3O2. The van der Waals surface area contributed by atoms with Crippen molar-refractivity contribution in [1.82, 2.24) is 14.9 Å². The van der Waals surface area contributed by atoms with E-state index in [0.717, 1.165) is 36.2 Å². The average molecular weight is 414 g/mol. The first-order chi connectivity index (χ1) is 15.1. The molecule has 0 fully saturated rings. The maximum atomic E-state index is 12.4. The van der Waals surface area contributed by atoms with Gasteiger partial charge in [0, 0.05) is 25.1 Å². The van der Waals surface area contributed by atoms with Gasteiger partial charge in [0.05, 0.1) is 18.1 Å². The first-order valence-electron chi connectivity index (χ1n) is 10.6. The lowest BCUT2D eigenvalue weighted by Gasteiger charge is -2.11. The zero-order chi connectivity index (χ0) is 21.6. The van der Waals surface area contributed by atoms with Crippen molar-refractivity contribution in [1.29, 1.82) is 0 Å². The third kappa shape index (κ3) is 4.94. The average Bonchev–Trinajstić information content (AvgIpc) is 3.14. The van der Waals surface area contributed by atoms with Crippen molar-refractivity contribution in [3.05, 3.63) is 95.3 Å². The van der Waals surface area contributed by atoms with Crippen LogP contribution in [0.2, 0.25) is 0 Å². The predicted molar refractivity (Wildman–Crippen MR) is 124 cm³/mol. The fraction of sp³-hybridized carbons (Fsp3) is 0.231. The number of fused-ring (bicyclic) bond motifs is 1. The normalized spacial score (nSPS) is 10.9. The second-order valence-electron chi connectivity index (χ2n) is 7.68. The molecule has 0 aliphatic rings. The van der Waals surface area contributed by atoms with Gasteiger partial charge in [-0.3, -0.25) is 4.79 Å². The molecule has 0 aliphatic heterocycles. The Morgan fingerprint density at radius 3 is 2.71 bits per heavy atom. The third-order valence-electron chi connectivity index (χ3n) is 5.35. The lowest BCUT2D eigenvalue weighted by molar-refractivity contribution is 0.0953. The molecule has 0 saturated heterocycles. The van der Waals surface area contributed by atoms with Crippen LogP contribution in [-0.2, 0) is 13.0 Å². The summed E-state index contributed by atoms with van der Waals surface area (Å²) in [6, 6.07) is 24.0. The van der Waals surface area contributed by atoms with Crippen LogP contribution in [0, 0.1) is 6.92 Å². The number of carbonyl (C=O) groups excluding carboxylic acids is 1. The van der Waals surface area contributed by atoms with Crippen LogP contribution < -0.4 is 10.1 Å². The molecule has 5 nitrogen and oxygen atoms in total. The molecule has 4 rings (SSSR count). The summed E-state index contributed by atoms with van der Waals surface area (Å²) in [6.45, 7) is 3.48. The second-order valence-corrected chi connectivity index (χ2v) is 7.68. The van der Waals surface area contributed by atoms with Crippen LogP contribution in [-0.4, -0.2) is 29.1 Å². The largest absolute Gasteiger partial charge is 0.497 e.